The molecule has 1 aliphatic rings. The smallest absolute Gasteiger partial charge is 0.303 e. The van der Waals surface area contributed by atoms with Gasteiger partial charge in [-0.25, -0.2) is 0 Å². The number of methoxy groups -OCH3 is 2. The van der Waals surface area contributed by atoms with Crippen LogP contribution in [0.5, 0.6) is 28.7 Å². The number of aliphatic carboxylic acids is 1. The number of aliphatic hydroxyl groups is 2. The van der Waals surface area contributed by atoms with Crippen molar-refractivity contribution in [3.63, 3.8) is 0 Å². The molecule has 1 aliphatic heterocycles. The Bertz CT molecular complexity index is 1130. The summed E-state index contributed by atoms with van der Waals surface area (Å²) in [5.41, 5.74) is 1.57. The summed E-state index contributed by atoms with van der Waals surface area (Å²) in [6, 6.07) is 8.21. The Kier molecular flexibility index (Phi) is 12.3. The molecule has 1 saturated heterocycles. The van der Waals surface area contributed by atoms with E-state index >= 15 is 0 Å². The molecule has 5 atom stereocenters. The predicted octanol–water partition coefficient (Wildman–Crippen LogP) is 3.16. The second kappa shape index (κ2) is 15.7. The second-order valence-electron chi connectivity index (χ2n) is 10.3. The summed E-state index contributed by atoms with van der Waals surface area (Å²) in [6.07, 6.45) is 0.603. The quantitative estimate of drug-likeness (QED) is 0.173. The molecule has 11 heteroatoms. The van der Waals surface area contributed by atoms with Crippen molar-refractivity contribution in [3.05, 3.63) is 41.5 Å². The van der Waals surface area contributed by atoms with Gasteiger partial charge in [0.15, 0.2) is 23.0 Å². The third-order valence-electron chi connectivity index (χ3n) is 7.44. The first-order valence-electron chi connectivity index (χ1n) is 14.0. The highest BCUT2D eigenvalue weighted by Crippen LogP contribution is 2.45. The maximum absolute atomic E-state index is 11.1. The third-order valence-corrected chi connectivity index (χ3v) is 7.44. The number of rotatable bonds is 16. The molecule has 41 heavy (non-hydrogen) atoms. The molecule has 11 nitrogen and oxygen atoms in total. The van der Waals surface area contributed by atoms with Gasteiger partial charge >= 0.3 is 5.97 Å². The minimum atomic E-state index is -0.901. The topological polar surface area (TPSA) is 167 Å². The largest absolute Gasteiger partial charge is 0.504 e. The van der Waals surface area contributed by atoms with Crippen molar-refractivity contribution in [1.29, 1.82) is 0 Å². The lowest BCUT2D eigenvalue weighted by atomic mass is 9.82. The van der Waals surface area contributed by atoms with Crippen molar-refractivity contribution < 1.29 is 49.3 Å². The fraction of sp³-hybridized carbons (Fsp3) is 0.567. The summed E-state index contributed by atoms with van der Waals surface area (Å²) >= 11 is 0. The number of aryl methyl sites for hydroxylation is 1. The first-order valence-corrected chi connectivity index (χ1v) is 14.0. The van der Waals surface area contributed by atoms with E-state index in [1.54, 1.807) is 24.3 Å². The highest BCUT2D eigenvalue weighted by molar-refractivity contribution is 5.66. The molecule has 1 heterocycles. The van der Waals surface area contributed by atoms with Gasteiger partial charge in [-0.05, 0) is 74.0 Å². The van der Waals surface area contributed by atoms with Crippen LogP contribution < -0.4 is 19.5 Å². The number of aromatic hydroxyl groups is 2. The van der Waals surface area contributed by atoms with E-state index in [4.69, 9.17) is 24.1 Å². The number of aliphatic hydroxyl groups excluding tert-OH is 2. The molecule has 228 valence electrons. The van der Waals surface area contributed by atoms with Crippen molar-refractivity contribution in [3.8, 4) is 28.7 Å². The zero-order valence-electron chi connectivity index (χ0n) is 23.9. The summed E-state index contributed by atoms with van der Waals surface area (Å²) in [5, 5.41) is 53.8. The van der Waals surface area contributed by atoms with Gasteiger partial charge in [0, 0.05) is 25.0 Å². The molecule has 0 unspecified atom stereocenters. The average Bonchev–Trinajstić information content (AvgIpc) is 2.95. The summed E-state index contributed by atoms with van der Waals surface area (Å²) < 4.78 is 23.1. The summed E-state index contributed by atoms with van der Waals surface area (Å²) in [5.74, 6) is -0.739. The number of carbonyl (C=O) groups is 1. The van der Waals surface area contributed by atoms with Gasteiger partial charge in [-0.3, -0.25) is 4.79 Å². The number of hydrogen-bond donors (Lipinski definition) is 6. The minimum absolute atomic E-state index is 0.0225. The first-order chi connectivity index (χ1) is 19.7. The van der Waals surface area contributed by atoms with Gasteiger partial charge in [0.25, 0.3) is 0 Å². The number of ether oxygens (including phenoxy) is 4. The van der Waals surface area contributed by atoms with E-state index in [0.29, 0.717) is 50.0 Å². The standard InChI is InChI=1S/C30H43NO10/c1-4-31-20(7-10-28(35)36)17-40-27-15-19(14-26(39-3)29(27)37)30-22(11-12-32)24(34)16-21(41-30)8-5-18-6-9-23(33)25(13-18)38-2/h6,9,13-15,20-22,24,30-34,37H,4-5,7-8,10-12,16-17H2,1-3H3,(H,35,36)/t20-,21+,22+,24+,30-/m1/s1. The van der Waals surface area contributed by atoms with Gasteiger partial charge in [-0.15, -0.1) is 0 Å². The highest BCUT2D eigenvalue weighted by Gasteiger charge is 2.39. The zero-order valence-corrected chi connectivity index (χ0v) is 23.9. The number of nitrogens with one attached hydrogen (secondary N) is 1. The Labute approximate surface area is 240 Å². The van der Waals surface area contributed by atoms with Crippen molar-refractivity contribution in [2.75, 3.05) is 34.0 Å². The van der Waals surface area contributed by atoms with Crippen LogP contribution in [0.2, 0.25) is 0 Å². The molecule has 1 fully saturated rings. The zero-order chi connectivity index (χ0) is 29.9. The van der Waals surface area contributed by atoms with E-state index in [2.05, 4.69) is 5.32 Å². The Morgan fingerprint density at radius 1 is 1.10 bits per heavy atom. The maximum Gasteiger partial charge on any atom is 0.303 e. The van der Waals surface area contributed by atoms with Crippen molar-refractivity contribution in [2.45, 2.75) is 69.8 Å². The number of phenols is 2. The van der Waals surface area contributed by atoms with Crippen LogP contribution in [-0.2, 0) is 16.0 Å². The number of carboxylic acids is 1. The SMILES string of the molecule is CCN[C@H](CCC(=O)O)COc1cc([C@H]2O[C@@H](CCc3ccc(O)c(OC)c3)C[C@H](O)[C@@H]2CCO)cc(OC)c1O. The van der Waals surface area contributed by atoms with E-state index in [1.165, 1.54) is 14.2 Å². The molecule has 0 amide bonds. The summed E-state index contributed by atoms with van der Waals surface area (Å²) in [6.45, 7) is 2.52. The van der Waals surface area contributed by atoms with E-state index in [9.17, 15) is 25.2 Å². The fourth-order valence-corrected chi connectivity index (χ4v) is 5.27. The number of benzene rings is 2. The van der Waals surface area contributed by atoms with Gasteiger partial charge in [-0.1, -0.05) is 13.0 Å². The van der Waals surface area contributed by atoms with Gasteiger partial charge in [-0.2, -0.15) is 0 Å². The molecule has 0 aliphatic carbocycles. The van der Waals surface area contributed by atoms with Gasteiger partial charge in [0.1, 0.15) is 6.61 Å². The van der Waals surface area contributed by atoms with Crippen LogP contribution in [0.25, 0.3) is 0 Å². The second-order valence-corrected chi connectivity index (χ2v) is 10.3. The number of carboxylic acid groups (broad SMARTS) is 1. The minimum Gasteiger partial charge on any atom is -0.504 e. The predicted molar refractivity (Wildman–Crippen MR) is 151 cm³/mol. The summed E-state index contributed by atoms with van der Waals surface area (Å²) in [4.78, 5) is 11.1. The van der Waals surface area contributed by atoms with Crippen molar-refractivity contribution in [2.24, 2.45) is 5.92 Å². The fourth-order valence-electron chi connectivity index (χ4n) is 5.27. The van der Waals surface area contributed by atoms with Crippen LogP contribution in [0, 0.1) is 5.92 Å². The highest BCUT2D eigenvalue weighted by atomic mass is 16.5. The molecule has 6 N–H and O–H groups in total. The average molecular weight is 578 g/mol. The van der Waals surface area contributed by atoms with Gasteiger partial charge in [0.2, 0.25) is 5.75 Å². The Morgan fingerprint density at radius 3 is 2.49 bits per heavy atom. The monoisotopic (exact) mass is 577 g/mol. The summed E-state index contributed by atoms with van der Waals surface area (Å²) in [7, 11) is 2.92. The first kappa shape index (κ1) is 32.3. The number of phenolic OH excluding ortho intramolecular Hbond substituents is 2. The molecule has 0 radical (unpaired) electrons. The van der Waals surface area contributed by atoms with Crippen molar-refractivity contribution in [1.82, 2.24) is 5.32 Å². The maximum atomic E-state index is 11.1. The van der Waals surface area contributed by atoms with Crippen LogP contribution in [0.1, 0.15) is 56.3 Å². The van der Waals surface area contributed by atoms with E-state index < -0.39 is 24.1 Å². The molecule has 0 saturated carbocycles. The van der Waals surface area contributed by atoms with Crippen LogP contribution >= 0.6 is 0 Å². The normalized spacial score (nSPS) is 21.3. The van der Waals surface area contributed by atoms with E-state index in [-0.39, 0.29) is 54.8 Å². The lowest BCUT2D eigenvalue weighted by Gasteiger charge is -2.40. The van der Waals surface area contributed by atoms with E-state index in [0.717, 1.165) is 5.56 Å². The van der Waals surface area contributed by atoms with Gasteiger partial charge < -0.3 is 49.8 Å². The Hall–Kier alpha value is -3.25. The molecule has 0 spiro atoms. The molecular formula is C30H43NO10. The Morgan fingerprint density at radius 2 is 1.83 bits per heavy atom. The van der Waals surface area contributed by atoms with Crippen molar-refractivity contribution >= 4 is 5.97 Å². The Balaban J connectivity index is 1.83. The van der Waals surface area contributed by atoms with Crippen LogP contribution in [-0.4, -0.2) is 83.7 Å². The number of hydrogen-bond acceptors (Lipinski definition) is 10. The van der Waals surface area contributed by atoms with Crippen LogP contribution in [0.4, 0.5) is 0 Å². The molecule has 2 aromatic carbocycles. The molecule has 0 aromatic heterocycles. The van der Waals surface area contributed by atoms with Crippen LogP contribution in [0.3, 0.4) is 0 Å². The van der Waals surface area contributed by atoms with E-state index in [1.807, 2.05) is 13.0 Å². The lowest BCUT2D eigenvalue weighted by Crippen LogP contribution is -2.40. The van der Waals surface area contributed by atoms with Gasteiger partial charge in [0.05, 0.1) is 32.5 Å². The molecule has 3 rings (SSSR count). The lowest BCUT2D eigenvalue weighted by molar-refractivity contribution is -0.144. The number of likely N-dealkylation sites (N-methyl/N-ethyl adjacent to an activating group) is 1. The molecule has 0 bridgehead atoms. The molecular weight excluding hydrogens is 534 g/mol. The molecule has 2 aromatic rings. The van der Waals surface area contributed by atoms with Crippen LogP contribution in [0.15, 0.2) is 30.3 Å². The third kappa shape index (κ3) is 8.87.